The van der Waals surface area contributed by atoms with Gasteiger partial charge in [-0.05, 0) is 5.56 Å². The van der Waals surface area contributed by atoms with Crippen LogP contribution in [0.25, 0.3) is 0 Å². The van der Waals surface area contributed by atoms with E-state index in [1.54, 1.807) is 4.90 Å². The van der Waals surface area contributed by atoms with E-state index in [0.717, 1.165) is 5.56 Å². The zero-order chi connectivity index (χ0) is 14.8. The molecule has 1 fully saturated rings. The van der Waals surface area contributed by atoms with Gasteiger partial charge in [0.15, 0.2) is 0 Å². The van der Waals surface area contributed by atoms with E-state index < -0.39 is 23.7 Å². The average molecular weight is 285 g/mol. The van der Waals surface area contributed by atoms with Gasteiger partial charge in [-0.1, -0.05) is 30.3 Å². The van der Waals surface area contributed by atoms with Crippen LogP contribution in [0.5, 0.6) is 0 Å². The van der Waals surface area contributed by atoms with Crippen LogP contribution >= 0.6 is 0 Å². The molecular formula is C14H14F3NO2. The molecule has 0 spiro atoms. The van der Waals surface area contributed by atoms with Gasteiger partial charge < -0.3 is 0 Å². The van der Waals surface area contributed by atoms with Crippen molar-refractivity contribution in [3.8, 4) is 0 Å². The smallest absolute Gasteiger partial charge is 0.299 e. The molecule has 0 N–H and O–H groups in total. The number of carbonyl (C=O) groups excluding carboxylic acids is 2. The number of likely N-dealkylation sites (tertiary alicyclic amines) is 1. The summed E-state index contributed by atoms with van der Waals surface area (Å²) in [4.78, 5) is 24.5. The summed E-state index contributed by atoms with van der Waals surface area (Å²) in [5, 5.41) is 0. The van der Waals surface area contributed by atoms with Crippen molar-refractivity contribution in [3.05, 3.63) is 35.9 Å². The third kappa shape index (κ3) is 3.45. The number of ketones is 2. The van der Waals surface area contributed by atoms with Gasteiger partial charge in [-0.3, -0.25) is 14.5 Å². The van der Waals surface area contributed by atoms with Gasteiger partial charge in [-0.25, -0.2) is 0 Å². The zero-order valence-corrected chi connectivity index (χ0v) is 10.7. The first-order valence-electron chi connectivity index (χ1n) is 6.28. The Hall–Kier alpha value is -1.69. The molecular weight excluding hydrogens is 271 g/mol. The third-order valence-corrected chi connectivity index (χ3v) is 3.35. The Labute approximate surface area is 114 Å². The van der Waals surface area contributed by atoms with Crippen molar-refractivity contribution in [3.63, 3.8) is 0 Å². The van der Waals surface area contributed by atoms with E-state index in [2.05, 4.69) is 0 Å². The maximum Gasteiger partial charge on any atom is 0.450 e. The molecule has 1 aliphatic rings. The Balaban J connectivity index is 2.05. The van der Waals surface area contributed by atoms with Crippen molar-refractivity contribution in [2.75, 3.05) is 13.1 Å². The fraction of sp³-hybridized carbons (Fsp3) is 0.429. The number of carbonyl (C=O) groups is 2. The molecule has 2 rings (SSSR count). The van der Waals surface area contributed by atoms with E-state index in [-0.39, 0.29) is 13.0 Å². The molecule has 0 amide bonds. The summed E-state index contributed by atoms with van der Waals surface area (Å²) >= 11 is 0. The Morgan fingerprint density at radius 3 is 2.50 bits per heavy atom. The number of hydrogen-bond donors (Lipinski definition) is 0. The number of rotatable bonds is 3. The number of Topliss-reactive ketones (excluding diaryl/α,β-unsaturated/α-hetero) is 2. The number of benzene rings is 1. The number of hydrogen-bond acceptors (Lipinski definition) is 3. The van der Waals surface area contributed by atoms with Crippen LogP contribution in [0.4, 0.5) is 13.2 Å². The SMILES string of the molecule is O=C1CCN(Cc2ccccc2)C[C@H]1C(=O)C(F)(F)F. The van der Waals surface area contributed by atoms with E-state index in [4.69, 9.17) is 0 Å². The van der Waals surface area contributed by atoms with E-state index in [9.17, 15) is 22.8 Å². The lowest BCUT2D eigenvalue weighted by molar-refractivity contribution is -0.178. The predicted octanol–water partition coefficient (Wildman–Crippen LogP) is 2.21. The first-order chi connectivity index (χ1) is 9.38. The highest BCUT2D eigenvalue weighted by Crippen LogP contribution is 2.25. The molecule has 0 saturated carbocycles. The maximum atomic E-state index is 12.4. The second-order valence-corrected chi connectivity index (χ2v) is 4.85. The molecule has 1 aromatic carbocycles. The summed E-state index contributed by atoms with van der Waals surface area (Å²) in [7, 11) is 0. The molecule has 0 bridgehead atoms. The van der Waals surface area contributed by atoms with Crippen molar-refractivity contribution in [2.45, 2.75) is 19.1 Å². The van der Waals surface area contributed by atoms with Gasteiger partial charge in [0.05, 0.1) is 5.92 Å². The normalized spacial score (nSPS) is 20.9. The maximum absolute atomic E-state index is 12.4. The third-order valence-electron chi connectivity index (χ3n) is 3.35. The summed E-state index contributed by atoms with van der Waals surface area (Å²) in [6.07, 6.45) is -4.96. The highest BCUT2D eigenvalue weighted by atomic mass is 19.4. The van der Waals surface area contributed by atoms with Crippen LogP contribution < -0.4 is 0 Å². The molecule has 6 heteroatoms. The standard InChI is InChI=1S/C14H14F3NO2/c15-14(16,17)13(20)11-9-18(7-6-12(11)19)8-10-4-2-1-3-5-10/h1-5,11H,6-9H2/t11-/m1/s1. The van der Waals surface area contributed by atoms with Crippen LogP contribution in [-0.4, -0.2) is 35.7 Å². The molecule has 1 aliphatic heterocycles. The summed E-state index contributed by atoms with van der Waals surface area (Å²) in [6.45, 7) is 0.664. The van der Waals surface area contributed by atoms with E-state index in [1.165, 1.54) is 0 Å². The van der Waals surface area contributed by atoms with Gasteiger partial charge in [0.2, 0.25) is 5.78 Å². The molecule has 108 valence electrons. The van der Waals surface area contributed by atoms with Gasteiger partial charge in [0, 0.05) is 26.1 Å². The van der Waals surface area contributed by atoms with E-state index >= 15 is 0 Å². The predicted molar refractivity (Wildman–Crippen MR) is 65.9 cm³/mol. The quantitative estimate of drug-likeness (QED) is 0.799. The molecule has 0 unspecified atom stereocenters. The summed E-state index contributed by atoms with van der Waals surface area (Å²) in [6, 6.07) is 9.23. The molecule has 20 heavy (non-hydrogen) atoms. The fourth-order valence-corrected chi connectivity index (χ4v) is 2.31. The van der Waals surface area contributed by atoms with Crippen molar-refractivity contribution >= 4 is 11.6 Å². The number of alkyl halides is 3. The van der Waals surface area contributed by atoms with Gasteiger partial charge in [0.25, 0.3) is 0 Å². The topological polar surface area (TPSA) is 37.4 Å². The van der Waals surface area contributed by atoms with Crippen molar-refractivity contribution in [2.24, 2.45) is 5.92 Å². The molecule has 1 saturated heterocycles. The van der Waals surface area contributed by atoms with E-state index in [0.29, 0.717) is 13.1 Å². The van der Waals surface area contributed by atoms with Gasteiger partial charge in [-0.2, -0.15) is 13.2 Å². The highest BCUT2D eigenvalue weighted by Gasteiger charge is 2.47. The molecule has 0 aliphatic carbocycles. The first kappa shape index (κ1) is 14.7. The zero-order valence-electron chi connectivity index (χ0n) is 10.7. The molecule has 1 heterocycles. The lowest BCUT2D eigenvalue weighted by atomic mass is 9.91. The molecule has 1 aromatic rings. The monoisotopic (exact) mass is 285 g/mol. The van der Waals surface area contributed by atoms with Crippen LogP contribution in [0.2, 0.25) is 0 Å². The Bertz CT molecular complexity index is 499. The Morgan fingerprint density at radius 1 is 1.25 bits per heavy atom. The van der Waals surface area contributed by atoms with Crippen molar-refractivity contribution in [1.29, 1.82) is 0 Å². The van der Waals surface area contributed by atoms with Crippen molar-refractivity contribution < 1.29 is 22.8 Å². The van der Waals surface area contributed by atoms with Crippen LogP contribution in [0, 0.1) is 5.92 Å². The van der Waals surface area contributed by atoms with Crippen molar-refractivity contribution in [1.82, 2.24) is 4.90 Å². The van der Waals surface area contributed by atoms with Gasteiger partial charge in [0.1, 0.15) is 5.78 Å². The fourth-order valence-electron chi connectivity index (χ4n) is 2.31. The highest BCUT2D eigenvalue weighted by molar-refractivity contribution is 6.05. The van der Waals surface area contributed by atoms with E-state index in [1.807, 2.05) is 30.3 Å². The number of halogens is 3. The van der Waals surface area contributed by atoms with Crippen LogP contribution in [0.15, 0.2) is 30.3 Å². The molecule has 0 radical (unpaired) electrons. The first-order valence-corrected chi connectivity index (χ1v) is 6.28. The minimum atomic E-state index is -4.95. The molecule has 0 aromatic heterocycles. The molecule has 3 nitrogen and oxygen atoms in total. The number of nitrogens with zero attached hydrogens (tertiary/aromatic N) is 1. The minimum absolute atomic E-state index is 0.0146. The summed E-state index contributed by atoms with van der Waals surface area (Å²) < 4.78 is 37.3. The average Bonchev–Trinajstić information content (AvgIpc) is 2.40. The van der Waals surface area contributed by atoms with Crippen LogP contribution in [-0.2, 0) is 16.1 Å². The molecule has 1 atom stereocenters. The summed E-state index contributed by atoms with van der Waals surface area (Å²) in [5.41, 5.74) is 0.944. The Morgan fingerprint density at radius 2 is 1.90 bits per heavy atom. The summed E-state index contributed by atoms with van der Waals surface area (Å²) in [5.74, 6) is -4.12. The number of piperidine rings is 1. The minimum Gasteiger partial charge on any atom is -0.299 e. The van der Waals surface area contributed by atoms with Crippen LogP contribution in [0.1, 0.15) is 12.0 Å². The van der Waals surface area contributed by atoms with Gasteiger partial charge >= 0.3 is 6.18 Å². The van der Waals surface area contributed by atoms with Gasteiger partial charge in [-0.15, -0.1) is 0 Å². The largest absolute Gasteiger partial charge is 0.450 e. The second-order valence-electron chi connectivity index (χ2n) is 4.85. The van der Waals surface area contributed by atoms with Crippen LogP contribution in [0.3, 0.4) is 0 Å². The lowest BCUT2D eigenvalue weighted by Crippen LogP contribution is -2.47. The second kappa shape index (κ2) is 5.75. The Kier molecular flexibility index (Phi) is 4.23. The lowest BCUT2D eigenvalue weighted by Gasteiger charge is -2.31.